The quantitative estimate of drug-likeness (QED) is 0.343. The maximum absolute atomic E-state index is 11.3. The van der Waals surface area contributed by atoms with Crippen LogP contribution < -0.4 is 0 Å². The Labute approximate surface area is 99.0 Å². The van der Waals surface area contributed by atoms with E-state index < -0.39 is 11.9 Å². The molecule has 5 nitrogen and oxygen atoms in total. The van der Waals surface area contributed by atoms with Crippen molar-refractivity contribution in [3.05, 3.63) is 35.3 Å². The summed E-state index contributed by atoms with van der Waals surface area (Å²) in [4.78, 5) is 22.6. The van der Waals surface area contributed by atoms with Crippen LogP contribution in [-0.4, -0.2) is 26.2 Å². The fourth-order valence-corrected chi connectivity index (χ4v) is 1.27. The molecule has 0 saturated carbocycles. The third-order valence-electron chi connectivity index (χ3n) is 2.11. The zero-order valence-corrected chi connectivity index (χ0v) is 9.98. The van der Waals surface area contributed by atoms with E-state index in [0.29, 0.717) is 12.2 Å². The number of carbonyl (C=O) groups excluding carboxylic acids is 2. The highest BCUT2D eigenvalue weighted by Gasteiger charge is 2.19. The Bertz CT molecular complexity index is 424. The van der Waals surface area contributed by atoms with Crippen LogP contribution in [0.5, 0.6) is 0 Å². The molecule has 1 aromatic heterocycles. The van der Waals surface area contributed by atoms with E-state index in [2.05, 4.69) is 9.47 Å². The van der Waals surface area contributed by atoms with Crippen LogP contribution in [0, 0.1) is 6.92 Å². The second-order valence-corrected chi connectivity index (χ2v) is 3.32. The average Bonchev–Trinajstić information content (AvgIpc) is 2.74. The Morgan fingerprint density at radius 3 is 2.24 bits per heavy atom. The molecule has 0 aliphatic carbocycles. The number of aryl methyl sites for hydroxylation is 1. The van der Waals surface area contributed by atoms with Gasteiger partial charge < -0.3 is 13.9 Å². The molecule has 1 heterocycles. The Kier molecular flexibility index (Phi) is 4.51. The number of hydrogen-bond donors (Lipinski definition) is 0. The van der Waals surface area contributed by atoms with Crippen LogP contribution in [0.4, 0.5) is 0 Å². The largest absolute Gasteiger partial charge is 0.466 e. The molecule has 17 heavy (non-hydrogen) atoms. The third-order valence-corrected chi connectivity index (χ3v) is 2.11. The molecule has 0 aliphatic rings. The Morgan fingerprint density at radius 1 is 1.24 bits per heavy atom. The Balaban J connectivity index is 2.83. The van der Waals surface area contributed by atoms with Gasteiger partial charge in [0.05, 0.1) is 14.2 Å². The highest BCUT2D eigenvalue weighted by atomic mass is 16.5. The fraction of sp³-hybridized carbons (Fsp3) is 0.333. The first-order valence-electron chi connectivity index (χ1n) is 5.00. The SMILES string of the molecule is COC(=O)C(=CCc1ccc(C)o1)C(=O)OC. The van der Waals surface area contributed by atoms with E-state index >= 15 is 0 Å². The number of furan rings is 1. The molecule has 0 aromatic carbocycles. The molecular formula is C12H14O5. The van der Waals surface area contributed by atoms with E-state index in [0.717, 1.165) is 5.76 Å². The summed E-state index contributed by atoms with van der Waals surface area (Å²) < 4.78 is 14.3. The van der Waals surface area contributed by atoms with Gasteiger partial charge in [0.15, 0.2) is 0 Å². The monoisotopic (exact) mass is 238 g/mol. The van der Waals surface area contributed by atoms with Gasteiger partial charge in [-0.15, -0.1) is 0 Å². The topological polar surface area (TPSA) is 65.7 Å². The molecule has 0 atom stereocenters. The van der Waals surface area contributed by atoms with Crippen molar-refractivity contribution >= 4 is 11.9 Å². The van der Waals surface area contributed by atoms with Gasteiger partial charge in [-0.2, -0.15) is 0 Å². The summed E-state index contributed by atoms with van der Waals surface area (Å²) in [5.41, 5.74) is -0.135. The first kappa shape index (κ1) is 13.0. The van der Waals surface area contributed by atoms with E-state index in [1.165, 1.54) is 20.3 Å². The molecular weight excluding hydrogens is 224 g/mol. The van der Waals surface area contributed by atoms with Crippen LogP contribution in [-0.2, 0) is 25.5 Å². The number of ether oxygens (including phenoxy) is 2. The molecule has 0 radical (unpaired) electrons. The number of allylic oxidation sites excluding steroid dienone is 1. The summed E-state index contributed by atoms with van der Waals surface area (Å²) in [6.45, 7) is 1.81. The number of hydrogen-bond acceptors (Lipinski definition) is 5. The average molecular weight is 238 g/mol. The van der Waals surface area contributed by atoms with Crippen molar-refractivity contribution in [3.63, 3.8) is 0 Å². The maximum Gasteiger partial charge on any atom is 0.344 e. The van der Waals surface area contributed by atoms with Crippen LogP contribution >= 0.6 is 0 Å². The van der Waals surface area contributed by atoms with E-state index in [-0.39, 0.29) is 5.57 Å². The van der Waals surface area contributed by atoms with Gasteiger partial charge in [-0.3, -0.25) is 0 Å². The fourth-order valence-electron chi connectivity index (χ4n) is 1.27. The lowest BCUT2D eigenvalue weighted by molar-refractivity contribution is -0.144. The van der Waals surface area contributed by atoms with Gasteiger partial charge in [-0.05, 0) is 19.1 Å². The predicted octanol–water partition coefficient (Wildman–Crippen LogP) is 1.40. The zero-order valence-electron chi connectivity index (χ0n) is 9.98. The van der Waals surface area contributed by atoms with Crippen LogP contribution in [0.15, 0.2) is 28.2 Å². The first-order chi connectivity index (χ1) is 8.08. The standard InChI is InChI=1S/C12H14O5/c1-8-4-5-9(17-8)6-7-10(11(13)15-2)12(14)16-3/h4-5,7H,6H2,1-3H3. The van der Waals surface area contributed by atoms with Crippen LogP contribution in [0.3, 0.4) is 0 Å². The second kappa shape index (κ2) is 5.89. The lowest BCUT2D eigenvalue weighted by atomic mass is 10.2. The molecule has 1 rings (SSSR count). The molecule has 0 amide bonds. The summed E-state index contributed by atoms with van der Waals surface area (Å²) in [5, 5.41) is 0. The van der Waals surface area contributed by atoms with Crippen LogP contribution in [0.1, 0.15) is 11.5 Å². The minimum atomic E-state index is -0.722. The highest BCUT2D eigenvalue weighted by molar-refractivity contribution is 6.13. The minimum absolute atomic E-state index is 0.135. The van der Waals surface area contributed by atoms with Crippen molar-refractivity contribution in [1.29, 1.82) is 0 Å². The van der Waals surface area contributed by atoms with E-state index in [4.69, 9.17) is 4.42 Å². The smallest absolute Gasteiger partial charge is 0.344 e. The normalized spacial score (nSPS) is 9.59. The van der Waals surface area contributed by atoms with Gasteiger partial charge in [0, 0.05) is 6.42 Å². The van der Waals surface area contributed by atoms with Gasteiger partial charge in [-0.1, -0.05) is 6.08 Å². The van der Waals surface area contributed by atoms with Crippen molar-refractivity contribution in [1.82, 2.24) is 0 Å². The molecule has 0 saturated heterocycles. The molecule has 0 N–H and O–H groups in total. The molecule has 0 fully saturated rings. The lowest BCUT2D eigenvalue weighted by Crippen LogP contribution is -2.16. The summed E-state index contributed by atoms with van der Waals surface area (Å²) in [6.07, 6.45) is 1.75. The zero-order chi connectivity index (χ0) is 12.8. The molecule has 0 spiro atoms. The summed E-state index contributed by atoms with van der Waals surface area (Å²) >= 11 is 0. The number of esters is 2. The number of methoxy groups -OCH3 is 2. The van der Waals surface area contributed by atoms with Crippen molar-refractivity contribution in [3.8, 4) is 0 Å². The first-order valence-corrected chi connectivity index (χ1v) is 5.00. The van der Waals surface area contributed by atoms with Gasteiger partial charge in [0.2, 0.25) is 0 Å². The maximum atomic E-state index is 11.3. The van der Waals surface area contributed by atoms with Crippen LogP contribution in [0.2, 0.25) is 0 Å². The molecule has 0 unspecified atom stereocenters. The van der Waals surface area contributed by atoms with Gasteiger partial charge in [0.1, 0.15) is 17.1 Å². The number of rotatable bonds is 4. The van der Waals surface area contributed by atoms with Crippen molar-refractivity contribution < 1.29 is 23.5 Å². The summed E-state index contributed by atoms with van der Waals surface area (Å²) in [5.74, 6) is -0.0147. The minimum Gasteiger partial charge on any atom is -0.466 e. The van der Waals surface area contributed by atoms with Gasteiger partial charge >= 0.3 is 11.9 Å². The molecule has 1 aromatic rings. The summed E-state index contributed by atoms with van der Waals surface area (Å²) in [6, 6.07) is 3.58. The van der Waals surface area contributed by atoms with Crippen molar-refractivity contribution in [2.45, 2.75) is 13.3 Å². The van der Waals surface area contributed by atoms with E-state index in [1.807, 2.05) is 6.92 Å². The van der Waals surface area contributed by atoms with Crippen molar-refractivity contribution in [2.24, 2.45) is 0 Å². The predicted molar refractivity (Wildman–Crippen MR) is 59.3 cm³/mol. The van der Waals surface area contributed by atoms with E-state index in [1.54, 1.807) is 12.1 Å². The van der Waals surface area contributed by atoms with Gasteiger partial charge in [-0.25, -0.2) is 9.59 Å². The number of carbonyl (C=O) groups is 2. The lowest BCUT2D eigenvalue weighted by Gasteiger charge is -2.02. The molecule has 0 bridgehead atoms. The molecule has 5 heteroatoms. The Morgan fingerprint density at radius 2 is 1.82 bits per heavy atom. The Hall–Kier alpha value is -2.04. The third kappa shape index (κ3) is 3.48. The van der Waals surface area contributed by atoms with Crippen molar-refractivity contribution in [2.75, 3.05) is 14.2 Å². The molecule has 92 valence electrons. The highest BCUT2D eigenvalue weighted by Crippen LogP contribution is 2.10. The summed E-state index contributed by atoms with van der Waals surface area (Å²) in [7, 11) is 2.41. The second-order valence-electron chi connectivity index (χ2n) is 3.32. The van der Waals surface area contributed by atoms with Crippen LogP contribution in [0.25, 0.3) is 0 Å². The molecule has 0 aliphatic heterocycles. The van der Waals surface area contributed by atoms with Gasteiger partial charge in [0.25, 0.3) is 0 Å². The van der Waals surface area contributed by atoms with E-state index in [9.17, 15) is 9.59 Å².